The molecule has 27 heavy (non-hydrogen) atoms. The number of benzene rings is 1. The van der Waals surface area contributed by atoms with Crippen molar-refractivity contribution >= 4 is 40.1 Å². The van der Waals surface area contributed by atoms with Crippen molar-refractivity contribution in [1.29, 1.82) is 0 Å². The van der Waals surface area contributed by atoms with Crippen LogP contribution in [0.4, 0.5) is 5.82 Å². The summed E-state index contributed by atoms with van der Waals surface area (Å²) in [5, 5.41) is 1.06. The standard InChI is InChI=1S/C20H20Cl2N4O/c21-15-3-1-2-13(16(15)22)14-10-23-19(18-17(14)24-12-25-18)26-7-4-20(5-8-26)6-9-27-11-20/h1-3,10,12H,4-9,11H2,(H,24,25). The zero-order chi connectivity index (χ0) is 18.4. The molecule has 0 amide bonds. The molecular formula is C20H20Cl2N4O. The van der Waals surface area contributed by atoms with E-state index in [1.54, 1.807) is 12.4 Å². The second-order valence-electron chi connectivity index (χ2n) is 7.51. The smallest absolute Gasteiger partial charge is 0.154 e. The van der Waals surface area contributed by atoms with Gasteiger partial charge in [0.1, 0.15) is 11.0 Å². The first-order chi connectivity index (χ1) is 13.2. The molecule has 1 aromatic carbocycles. The molecule has 0 atom stereocenters. The van der Waals surface area contributed by atoms with E-state index in [1.807, 2.05) is 18.3 Å². The normalized spacial score (nSPS) is 19.3. The Labute approximate surface area is 167 Å². The zero-order valence-corrected chi connectivity index (χ0v) is 16.4. The summed E-state index contributed by atoms with van der Waals surface area (Å²) in [5.41, 5.74) is 3.93. The average molecular weight is 403 g/mol. The lowest BCUT2D eigenvalue weighted by molar-refractivity contribution is 0.133. The third-order valence-electron chi connectivity index (χ3n) is 5.98. The minimum Gasteiger partial charge on any atom is -0.381 e. The third kappa shape index (κ3) is 2.89. The molecule has 1 N–H and O–H groups in total. The summed E-state index contributed by atoms with van der Waals surface area (Å²) in [6.07, 6.45) is 7.05. The summed E-state index contributed by atoms with van der Waals surface area (Å²) < 4.78 is 5.65. The zero-order valence-electron chi connectivity index (χ0n) is 14.8. The summed E-state index contributed by atoms with van der Waals surface area (Å²) in [7, 11) is 0. The number of piperidine rings is 1. The van der Waals surface area contributed by atoms with Gasteiger partial charge < -0.3 is 14.6 Å². The molecule has 2 aliphatic rings. The van der Waals surface area contributed by atoms with E-state index in [1.165, 1.54) is 6.42 Å². The number of pyridine rings is 1. The number of fused-ring (bicyclic) bond motifs is 1. The van der Waals surface area contributed by atoms with Crippen molar-refractivity contribution in [2.75, 3.05) is 31.2 Å². The maximum absolute atomic E-state index is 6.43. The van der Waals surface area contributed by atoms with Crippen molar-refractivity contribution in [2.24, 2.45) is 5.41 Å². The van der Waals surface area contributed by atoms with Crippen molar-refractivity contribution in [3.8, 4) is 11.1 Å². The maximum atomic E-state index is 6.43. The average Bonchev–Trinajstić information content (AvgIpc) is 3.34. The Kier molecular flexibility index (Phi) is 4.26. The largest absolute Gasteiger partial charge is 0.381 e. The van der Waals surface area contributed by atoms with Crippen LogP contribution in [0.5, 0.6) is 0 Å². The number of anilines is 1. The highest BCUT2D eigenvalue weighted by Crippen LogP contribution is 2.42. The van der Waals surface area contributed by atoms with Gasteiger partial charge in [-0.1, -0.05) is 35.3 Å². The first kappa shape index (κ1) is 17.3. The number of aromatic amines is 1. The molecule has 4 heterocycles. The van der Waals surface area contributed by atoms with Crippen LogP contribution in [0.15, 0.2) is 30.7 Å². The fourth-order valence-corrected chi connectivity index (χ4v) is 4.71. The number of nitrogens with one attached hydrogen (secondary N) is 1. The minimum atomic E-state index is 0.373. The highest BCUT2D eigenvalue weighted by Gasteiger charge is 2.38. The van der Waals surface area contributed by atoms with Crippen molar-refractivity contribution in [1.82, 2.24) is 15.0 Å². The van der Waals surface area contributed by atoms with Crippen LogP contribution < -0.4 is 4.90 Å². The Morgan fingerprint density at radius 3 is 2.70 bits per heavy atom. The molecule has 2 fully saturated rings. The maximum Gasteiger partial charge on any atom is 0.154 e. The van der Waals surface area contributed by atoms with E-state index < -0.39 is 0 Å². The molecule has 0 aliphatic carbocycles. The topological polar surface area (TPSA) is 54.0 Å². The molecule has 0 radical (unpaired) electrons. The Morgan fingerprint density at radius 2 is 1.93 bits per heavy atom. The Morgan fingerprint density at radius 1 is 1.07 bits per heavy atom. The fourth-order valence-electron chi connectivity index (χ4n) is 4.31. The van der Waals surface area contributed by atoms with Gasteiger partial charge in [-0.15, -0.1) is 0 Å². The molecule has 0 bridgehead atoms. The number of aromatic nitrogens is 3. The van der Waals surface area contributed by atoms with Crippen LogP contribution in [0.3, 0.4) is 0 Å². The lowest BCUT2D eigenvalue weighted by Gasteiger charge is -2.39. The van der Waals surface area contributed by atoms with Gasteiger partial charge in [-0.25, -0.2) is 9.97 Å². The van der Waals surface area contributed by atoms with Gasteiger partial charge in [0, 0.05) is 37.0 Å². The Hall–Kier alpha value is -1.82. The molecule has 3 aromatic rings. The second kappa shape index (κ2) is 6.66. The van der Waals surface area contributed by atoms with Crippen LogP contribution >= 0.6 is 23.2 Å². The van der Waals surface area contributed by atoms with E-state index >= 15 is 0 Å². The molecule has 140 valence electrons. The monoisotopic (exact) mass is 402 g/mol. The number of H-pyrrole nitrogens is 1. The van der Waals surface area contributed by atoms with Gasteiger partial charge in [0.25, 0.3) is 0 Å². The molecule has 1 spiro atoms. The van der Waals surface area contributed by atoms with Gasteiger partial charge in [0.2, 0.25) is 0 Å². The summed E-state index contributed by atoms with van der Waals surface area (Å²) in [4.78, 5) is 15.0. The summed E-state index contributed by atoms with van der Waals surface area (Å²) in [6.45, 7) is 3.78. The van der Waals surface area contributed by atoms with Gasteiger partial charge in [0.15, 0.2) is 5.82 Å². The molecule has 5 rings (SSSR count). The lowest BCUT2D eigenvalue weighted by atomic mass is 9.78. The van der Waals surface area contributed by atoms with E-state index in [0.29, 0.717) is 15.5 Å². The number of hydrogen-bond donors (Lipinski definition) is 1. The van der Waals surface area contributed by atoms with Crippen LogP contribution in [0.2, 0.25) is 10.0 Å². The van der Waals surface area contributed by atoms with Crippen LogP contribution in [-0.4, -0.2) is 41.3 Å². The van der Waals surface area contributed by atoms with Crippen LogP contribution in [0.25, 0.3) is 22.2 Å². The van der Waals surface area contributed by atoms with Gasteiger partial charge in [-0.2, -0.15) is 0 Å². The van der Waals surface area contributed by atoms with E-state index in [9.17, 15) is 0 Å². The molecule has 5 nitrogen and oxygen atoms in total. The van der Waals surface area contributed by atoms with E-state index in [2.05, 4.69) is 14.9 Å². The first-order valence-corrected chi connectivity index (χ1v) is 10.0. The van der Waals surface area contributed by atoms with Gasteiger partial charge in [-0.05, 0) is 30.7 Å². The summed E-state index contributed by atoms with van der Waals surface area (Å²) >= 11 is 12.6. The summed E-state index contributed by atoms with van der Waals surface area (Å²) in [5.74, 6) is 0.957. The van der Waals surface area contributed by atoms with E-state index in [4.69, 9.17) is 32.9 Å². The molecule has 2 aromatic heterocycles. The predicted molar refractivity (Wildman–Crippen MR) is 109 cm³/mol. The van der Waals surface area contributed by atoms with Gasteiger partial charge in [-0.3, -0.25) is 0 Å². The molecular weight excluding hydrogens is 383 g/mol. The Balaban J connectivity index is 1.51. The highest BCUT2D eigenvalue weighted by molar-refractivity contribution is 6.43. The minimum absolute atomic E-state index is 0.373. The fraction of sp³-hybridized carbons (Fsp3) is 0.400. The predicted octanol–water partition coefficient (Wildman–Crippen LogP) is 4.94. The van der Waals surface area contributed by atoms with Crippen LogP contribution in [0.1, 0.15) is 19.3 Å². The van der Waals surface area contributed by atoms with Crippen LogP contribution in [0, 0.1) is 5.41 Å². The molecule has 0 unspecified atom stereocenters. The quantitative estimate of drug-likeness (QED) is 0.659. The summed E-state index contributed by atoms with van der Waals surface area (Å²) in [6, 6.07) is 5.63. The van der Waals surface area contributed by atoms with Crippen molar-refractivity contribution in [3.05, 3.63) is 40.8 Å². The number of nitrogens with zero attached hydrogens (tertiary/aromatic N) is 3. The van der Waals surface area contributed by atoms with Crippen LogP contribution in [-0.2, 0) is 4.74 Å². The van der Waals surface area contributed by atoms with Crippen molar-refractivity contribution in [3.63, 3.8) is 0 Å². The molecule has 2 aliphatic heterocycles. The first-order valence-electron chi connectivity index (χ1n) is 9.26. The lowest BCUT2D eigenvalue weighted by Crippen LogP contribution is -2.41. The number of imidazole rings is 1. The molecule has 2 saturated heterocycles. The van der Waals surface area contributed by atoms with Crippen molar-refractivity contribution < 1.29 is 4.74 Å². The third-order valence-corrected chi connectivity index (χ3v) is 6.80. The Bertz CT molecular complexity index is 987. The number of rotatable bonds is 2. The van der Waals surface area contributed by atoms with Gasteiger partial charge >= 0.3 is 0 Å². The highest BCUT2D eigenvalue weighted by atomic mass is 35.5. The number of ether oxygens (including phenoxy) is 1. The number of hydrogen-bond acceptors (Lipinski definition) is 4. The van der Waals surface area contributed by atoms with Crippen molar-refractivity contribution in [2.45, 2.75) is 19.3 Å². The SMILES string of the molecule is Clc1cccc(-c2cnc(N3CCC4(CCOC4)CC3)c3[nH]cnc23)c1Cl. The van der Waals surface area contributed by atoms with E-state index in [-0.39, 0.29) is 0 Å². The second-order valence-corrected chi connectivity index (χ2v) is 8.30. The molecule has 7 heteroatoms. The molecule has 0 saturated carbocycles. The van der Waals surface area contributed by atoms with E-state index in [0.717, 1.165) is 67.1 Å². The number of halogens is 2. The van der Waals surface area contributed by atoms with Gasteiger partial charge in [0.05, 0.1) is 23.0 Å².